The van der Waals surface area contributed by atoms with Crippen LogP contribution in [0, 0.1) is 6.92 Å². The molecule has 7 heteroatoms. The van der Waals surface area contributed by atoms with Crippen molar-refractivity contribution >= 4 is 23.6 Å². The Labute approximate surface area is 153 Å². The number of carbonyl (C=O) groups is 3. The molecular formula is C19H25N3O4. The zero-order valence-corrected chi connectivity index (χ0v) is 15.3. The van der Waals surface area contributed by atoms with Gasteiger partial charge in [-0.25, -0.2) is 4.79 Å². The number of methoxy groups -OCH3 is 1. The largest absolute Gasteiger partial charge is 0.453 e. The Hall–Kier alpha value is -2.57. The highest BCUT2D eigenvalue weighted by molar-refractivity contribution is 5.99. The number of amides is 3. The highest BCUT2D eigenvalue weighted by Gasteiger charge is 2.38. The van der Waals surface area contributed by atoms with Crippen LogP contribution in [-0.2, 0) is 14.3 Å². The maximum Gasteiger partial charge on any atom is 0.410 e. The van der Waals surface area contributed by atoms with E-state index in [1.165, 1.54) is 12.0 Å². The summed E-state index contributed by atoms with van der Waals surface area (Å²) < 4.78 is 4.80. The second-order valence-corrected chi connectivity index (χ2v) is 6.82. The lowest BCUT2D eigenvalue weighted by atomic mass is 10.0. The lowest BCUT2D eigenvalue weighted by Gasteiger charge is -2.39. The molecule has 0 saturated carbocycles. The van der Waals surface area contributed by atoms with Gasteiger partial charge in [-0.05, 0) is 38.3 Å². The van der Waals surface area contributed by atoms with Gasteiger partial charge in [-0.3, -0.25) is 14.5 Å². The van der Waals surface area contributed by atoms with Gasteiger partial charge < -0.3 is 14.5 Å². The normalized spacial score (nSPS) is 20.9. The van der Waals surface area contributed by atoms with Gasteiger partial charge in [0.2, 0.25) is 11.8 Å². The minimum Gasteiger partial charge on any atom is -0.453 e. The molecular weight excluding hydrogens is 334 g/mol. The van der Waals surface area contributed by atoms with E-state index in [-0.39, 0.29) is 18.4 Å². The molecule has 26 heavy (non-hydrogen) atoms. The quantitative estimate of drug-likeness (QED) is 0.807. The lowest BCUT2D eigenvalue weighted by Crippen LogP contribution is -2.58. The lowest BCUT2D eigenvalue weighted by molar-refractivity contribution is -0.141. The average molecular weight is 359 g/mol. The molecule has 3 amide bonds. The molecule has 2 heterocycles. The predicted octanol–water partition coefficient (Wildman–Crippen LogP) is 1.79. The molecule has 2 fully saturated rings. The van der Waals surface area contributed by atoms with Gasteiger partial charge in [0.15, 0.2) is 0 Å². The summed E-state index contributed by atoms with van der Waals surface area (Å²) in [5.41, 5.74) is 1.98. The van der Waals surface area contributed by atoms with Crippen LogP contribution in [-0.4, -0.2) is 67.0 Å². The number of benzene rings is 1. The number of piperidine rings is 1. The zero-order chi connectivity index (χ0) is 18.7. The third-order valence-corrected chi connectivity index (χ3v) is 5.08. The van der Waals surface area contributed by atoms with E-state index < -0.39 is 12.1 Å². The first-order valence-corrected chi connectivity index (χ1v) is 9.01. The van der Waals surface area contributed by atoms with Gasteiger partial charge in [0, 0.05) is 25.3 Å². The standard InChI is InChI=1S/C19H25N3O4/c1-14-6-8-15(9-7-14)21-12-11-20(13-17(21)23)18(24)16-5-3-4-10-22(16)19(25)26-2/h6-9,16H,3-5,10-13H2,1-2H3. The number of nitrogens with zero attached hydrogens (tertiary/aromatic N) is 3. The molecule has 0 aromatic heterocycles. The molecule has 2 aliphatic rings. The number of aryl methyl sites for hydroxylation is 1. The van der Waals surface area contributed by atoms with Gasteiger partial charge >= 0.3 is 6.09 Å². The van der Waals surface area contributed by atoms with Crippen molar-refractivity contribution in [2.24, 2.45) is 0 Å². The molecule has 0 bridgehead atoms. The highest BCUT2D eigenvalue weighted by atomic mass is 16.5. The third-order valence-electron chi connectivity index (χ3n) is 5.08. The van der Waals surface area contributed by atoms with Crippen LogP contribution in [0.25, 0.3) is 0 Å². The van der Waals surface area contributed by atoms with Gasteiger partial charge in [0.1, 0.15) is 12.6 Å². The number of likely N-dealkylation sites (tertiary alicyclic amines) is 1. The van der Waals surface area contributed by atoms with Gasteiger partial charge in [-0.15, -0.1) is 0 Å². The average Bonchev–Trinajstić information content (AvgIpc) is 2.67. The summed E-state index contributed by atoms with van der Waals surface area (Å²) >= 11 is 0. The Balaban J connectivity index is 1.67. The van der Waals surface area contributed by atoms with Crippen LogP contribution in [0.1, 0.15) is 24.8 Å². The van der Waals surface area contributed by atoms with E-state index in [0.29, 0.717) is 26.1 Å². The van der Waals surface area contributed by atoms with Crippen LogP contribution in [0.3, 0.4) is 0 Å². The van der Waals surface area contributed by atoms with Crippen LogP contribution >= 0.6 is 0 Å². The van der Waals surface area contributed by atoms with E-state index in [1.807, 2.05) is 31.2 Å². The number of hydrogen-bond acceptors (Lipinski definition) is 4. The van der Waals surface area contributed by atoms with Crippen molar-refractivity contribution in [1.29, 1.82) is 0 Å². The topological polar surface area (TPSA) is 70.2 Å². The minimum atomic E-state index is -0.532. The molecule has 1 unspecified atom stereocenters. The molecule has 7 nitrogen and oxygen atoms in total. The molecule has 1 aromatic rings. The van der Waals surface area contributed by atoms with Gasteiger partial charge in [-0.2, -0.15) is 0 Å². The van der Waals surface area contributed by atoms with Crippen molar-refractivity contribution in [1.82, 2.24) is 9.80 Å². The molecule has 2 aliphatic heterocycles. The summed E-state index contributed by atoms with van der Waals surface area (Å²) in [4.78, 5) is 42.2. The first kappa shape index (κ1) is 18.2. The number of hydrogen-bond donors (Lipinski definition) is 0. The molecule has 0 aliphatic carbocycles. The smallest absolute Gasteiger partial charge is 0.410 e. The van der Waals surface area contributed by atoms with E-state index in [4.69, 9.17) is 4.74 Å². The fourth-order valence-electron chi connectivity index (χ4n) is 3.59. The summed E-state index contributed by atoms with van der Waals surface area (Å²) in [7, 11) is 1.32. The fraction of sp³-hybridized carbons (Fsp3) is 0.526. The Morgan fingerprint density at radius 3 is 2.46 bits per heavy atom. The van der Waals surface area contributed by atoms with E-state index in [0.717, 1.165) is 24.1 Å². The minimum absolute atomic E-state index is 0.0399. The van der Waals surface area contributed by atoms with E-state index in [9.17, 15) is 14.4 Å². The second-order valence-electron chi connectivity index (χ2n) is 6.82. The summed E-state index contributed by atoms with van der Waals surface area (Å²) in [6.45, 7) is 3.47. The Morgan fingerprint density at radius 2 is 1.81 bits per heavy atom. The number of rotatable bonds is 2. The van der Waals surface area contributed by atoms with E-state index in [2.05, 4.69) is 0 Å². The highest BCUT2D eigenvalue weighted by Crippen LogP contribution is 2.22. The van der Waals surface area contributed by atoms with Crippen molar-refractivity contribution in [3.63, 3.8) is 0 Å². The van der Waals surface area contributed by atoms with Crippen molar-refractivity contribution < 1.29 is 19.1 Å². The number of piperazine rings is 1. The van der Waals surface area contributed by atoms with Crippen molar-refractivity contribution in [2.75, 3.05) is 38.2 Å². The third kappa shape index (κ3) is 3.66. The maximum atomic E-state index is 12.9. The maximum absolute atomic E-state index is 12.9. The van der Waals surface area contributed by atoms with Crippen LogP contribution < -0.4 is 4.90 Å². The first-order chi connectivity index (χ1) is 12.5. The SMILES string of the molecule is COC(=O)N1CCCCC1C(=O)N1CCN(c2ccc(C)cc2)C(=O)C1. The first-order valence-electron chi connectivity index (χ1n) is 9.01. The van der Waals surface area contributed by atoms with Crippen LogP contribution in [0.5, 0.6) is 0 Å². The Morgan fingerprint density at radius 1 is 1.08 bits per heavy atom. The van der Waals surface area contributed by atoms with Crippen LogP contribution in [0.2, 0.25) is 0 Å². The van der Waals surface area contributed by atoms with Gasteiger partial charge in [0.25, 0.3) is 0 Å². The Bertz CT molecular complexity index is 689. The van der Waals surface area contributed by atoms with Gasteiger partial charge in [0.05, 0.1) is 7.11 Å². The monoisotopic (exact) mass is 359 g/mol. The summed E-state index contributed by atoms with van der Waals surface area (Å²) in [5.74, 6) is -0.263. The summed E-state index contributed by atoms with van der Waals surface area (Å²) in [5, 5.41) is 0. The zero-order valence-electron chi connectivity index (χ0n) is 15.3. The van der Waals surface area contributed by atoms with E-state index in [1.54, 1.807) is 9.80 Å². The van der Waals surface area contributed by atoms with Crippen molar-refractivity contribution in [2.45, 2.75) is 32.2 Å². The van der Waals surface area contributed by atoms with Crippen molar-refractivity contribution in [3.8, 4) is 0 Å². The molecule has 0 radical (unpaired) electrons. The number of ether oxygens (including phenoxy) is 1. The fourth-order valence-corrected chi connectivity index (χ4v) is 3.59. The molecule has 2 saturated heterocycles. The number of carbonyl (C=O) groups excluding carboxylic acids is 3. The molecule has 1 aromatic carbocycles. The summed E-state index contributed by atoms with van der Waals surface area (Å²) in [6, 6.07) is 7.25. The summed E-state index contributed by atoms with van der Waals surface area (Å²) in [6.07, 6.45) is 1.88. The van der Waals surface area contributed by atoms with Crippen LogP contribution in [0.15, 0.2) is 24.3 Å². The second kappa shape index (κ2) is 7.76. The van der Waals surface area contributed by atoms with Crippen LogP contribution in [0.4, 0.5) is 10.5 Å². The van der Waals surface area contributed by atoms with Crippen molar-refractivity contribution in [3.05, 3.63) is 29.8 Å². The van der Waals surface area contributed by atoms with E-state index >= 15 is 0 Å². The number of anilines is 1. The predicted molar refractivity (Wildman–Crippen MR) is 96.9 cm³/mol. The molecule has 140 valence electrons. The van der Waals surface area contributed by atoms with Gasteiger partial charge in [-0.1, -0.05) is 17.7 Å². The molecule has 0 spiro atoms. The molecule has 3 rings (SSSR count). The molecule has 0 N–H and O–H groups in total. The Kier molecular flexibility index (Phi) is 5.44. The molecule has 1 atom stereocenters.